The van der Waals surface area contributed by atoms with Gasteiger partial charge in [-0.15, -0.1) is 0 Å². The summed E-state index contributed by atoms with van der Waals surface area (Å²) in [6.07, 6.45) is 4.62. The summed E-state index contributed by atoms with van der Waals surface area (Å²) in [5.74, 6) is 0. The van der Waals surface area contributed by atoms with Crippen molar-refractivity contribution < 1.29 is 4.39 Å². The van der Waals surface area contributed by atoms with Gasteiger partial charge in [-0.3, -0.25) is 0 Å². The van der Waals surface area contributed by atoms with Crippen molar-refractivity contribution in [2.75, 3.05) is 6.54 Å². The smallest absolute Gasteiger partial charge is 0.101 e. The van der Waals surface area contributed by atoms with Crippen LogP contribution in [0.15, 0.2) is 24.3 Å². The van der Waals surface area contributed by atoms with Gasteiger partial charge in [0.25, 0.3) is 0 Å². The zero-order valence-corrected chi connectivity index (χ0v) is 10.6. The van der Waals surface area contributed by atoms with E-state index in [4.69, 9.17) is 5.73 Å². The maximum atomic E-state index is 13.0. The molecule has 0 radical (unpaired) electrons. The first-order chi connectivity index (χ1) is 8.16. The van der Waals surface area contributed by atoms with Crippen molar-refractivity contribution in [3.8, 4) is 0 Å². The number of benzene rings is 1. The summed E-state index contributed by atoms with van der Waals surface area (Å²) in [7, 11) is 0. The first kappa shape index (κ1) is 12.6. The van der Waals surface area contributed by atoms with Crippen LogP contribution < -0.4 is 5.73 Å². The summed E-state index contributed by atoms with van der Waals surface area (Å²) in [6.45, 7) is 2.32. The normalized spacial score (nSPS) is 20.4. The molecular formula is C15H22FN. The van der Waals surface area contributed by atoms with E-state index in [9.17, 15) is 4.39 Å². The Morgan fingerprint density at radius 2 is 2.06 bits per heavy atom. The van der Waals surface area contributed by atoms with E-state index >= 15 is 0 Å². The van der Waals surface area contributed by atoms with Crippen molar-refractivity contribution >= 4 is 0 Å². The molecule has 1 aromatic carbocycles. The molecule has 0 spiro atoms. The molecule has 0 saturated heterocycles. The number of alkyl halides is 1. The molecule has 0 aliphatic heterocycles. The number of hydrogen-bond acceptors (Lipinski definition) is 1. The van der Waals surface area contributed by atoms with E-state index < -0.39 is 6.17 Å². The van der Waals surface area contributed by atoms with Crippen LogP contribution in [0.4, 0.5) is 4.39 Å². The predicted molar refractivity (Wildman–Crippen MR) is 69.9 cm³/mol. The van der Waals surface area contributed by atoms with E-state index in [1.165, 1.54) is 31.2 Å². The van der Waals surface area contributed by atoms with Crippen molar-refractivity contribution in [2.24, 2.45) is 5.73 Å². The summed E-state index contributed by atoms with van der Waals surface area (Å²) < 4.78 is 13.0. The largest absolute Gasteiger partial charge is 0.330 e. The third kappa shape index (κ3) is 2.68. The van der Waals surface area contributed by atoms with Crippen LogP contribution in [0.1, 0.15) is 43.7 Å². The zero-order chi connectivity index (χ0) is 12.3. The third-order valence-electron chi connectivity index (χ3n) is 4.01. The quantitative estimate of drug-likeness (QED) is 0.851. The molecule has 1 nitrogen and oxygen atoms in total. The number of nitrogens with two attached hydrogens (primary N) is 1. The van der Waals surface area contributed by atoms with Crippen molar-refractivity contribution in [1.29, 1.82) is 0 Å². The molecule has 2 heteroatoms. The fraction of sp³-hybridized carbons (Fsp3) is 0.600. The first-order valence-corrected chi connectivity index (χ1v) is 6.60. The molecule has 1 aliphatic rings. The van der Waals surface area contributed by atoms with Crippen LogP contribution in [0.2, 0.25) is 0 Å². The van der Waals surface area contributed by atoms with Gasteiger partial charge in [-0.05, 0) is 30.9 Å². The van der Waals surface area contributed by atoms with Crippen LogP contribution in [0, 0.1) is 0 Å². The van der Waals surface area contributed by atoms with Crippen LogP contribution in [-0.4, -0.2) is 12.7 Å². The lowest BCUT2D eigenvalue weighted by atomic mass is 9.78. The van der Waals surface area contributed by atoms with Gasteiger partial charge < -0.3 is 5.73 Å². The van der Waals surface area contributed by atoms with Crippen LogP contribution in [0.5, 0.6) is 0 Å². The maximum absolute atomic E-state index is 13.0. The molecule has 2 rings (SSSR count). The fourth-order valence-electron chi connectivity index (χ4n) is 3.02. The molecule has 1 aromatic rings. The average Bonchev–Trinajstić information content (AvgIpc) is 2.78. The van der Waals surface area contributed by atoms with Gasteiger partial charge >= 0.3 is 0 Å². The summed E-state index contributed by atoms with van der Waals surface area (Å²) in [5, 5.41) is 0. The number of hydrogen-bond donors (Lipinski definition) is 1. The standard InChI is InChI=1S/C15H22FN/c1-12(16)9-13-5-4-6-14(10-13)15(11-17)7-2-3-8-15/h4-6,10,12H,2-3,7-9,11,17H2,1H3. The fourth-order valence-corrected chi connectivity index (χ4v) is 3.02. The average molecular weight is 235 g/mol. The maximum Gasteiger partial charge on any atom is 0.101 e. The Morgan fingerprint density at radius 1 is 1.35 bits per heavy atom. The highest BCUT2D eigenvalue weighted by atomic mass is 19.1. The van der Waals surface area contributed by atoms with Gasteiger partial charge in [0.05, 0.1) is 0 Å². The zero-order valence-electron chi connectivity index (χ0n) is 10.6. The monoisotopic (exact) mass is 235 g/mol. The Kier molecular flexibility index (Phi) is 3.82. The lowest BCUT2D eigenvalue weighted by Crippen LogP contribution is -2.32. The molecule has 1 fully saturated rings. The Balaban J connectivity index is 2.25. The molecular weight excluding hydrogens is 213 g/mol. The van der Waals surface area contributed by atoms with Crippen LogP contribution in [-0.2, 0) is 11.8 Å². The van der Waals surface area contributed by atoms with Crippen LogP contribution >= 0.6 is 0 Å². The van der Waals surface area contributed by atoms with Crippen molar-refractivity contribution in [3.05, 3.63) is 35.4 Å². The van der Waals surface area contributed by atoms with E-state index in [2.05, 4.69) is 12.1 Å². The van der Waals surface area contributed by atoms with Crippen molar-refractivity contribution in [2.45, 2.75) is 50.6 Å². The summed E-state index contributed by atoms with van der Waals surface area (Å²) >= 11 is 0. The Morgan fingerprint density at radius 3 is 2.65 bits per heavy atom. The second-order valence-electron chi connectivity index (χ2n) is 5.38. The van der Waals surface area contributed by atoms with E-state index in [0.717, 1.165) is 5.56 Å². The molecule has 17 heavy (non-hydrogen) atoms. The molecule has 0 bridgehead atoms. The molecule has 94 valence electrons. The van der Waals surface area contributed by atoms with Gasteiger partial charge in [-0.1, -0.05) is 37.1 Å². The molecule has 1 aliphatic carbocycles. The molecule has 1 atom stereocenters. The molecule has 1 unspecified atom stereocenters. The minimum atomic E-state index is -0.775. The van der Waals surface area contributed by atoms with Crippen molar-refractivity contribution in [1.82, 2.24) is 0 Å². The molecule has 0 amide bonds. The lowest BCUT2D eigenvalue weighted by molar-refractivity contribution is 0.359. The molecule has 0 heterocycles. The first-order valence-electron chi connectivity index (χ1n) is 6.60. The van der Waals surface area contributed by atoms with Gasteiger partial charge in [0.2, 0.25) is 0 Å². The lowest BCUT2D eigenvalue weighted by Gasteiger charge is -2.28. The second kappa shape index (κ2) is 5.18. The van der Waals surface area contributed by atoms with Crippen LogP contribution in [0.3, 0.4) is 0 Å². The highest BCUT2D eigenvalue weighted by Crippen LogP contribution is 2.40. The minimum Gasteiger partial charge on any atom is -0.330 e. The summed E-state index contributed by atoms with van der Waals surface area (Å²) in [6, 6.07) is 8.38. The van der Waals surface area contributed by atoms with E-state index in [0.29, 0.717) is 13.0 Å². The summed E-state index contributed by atoms with van der Waals surface area (Å²) in [5.41, 5.74) is 8.55. The van der Waals surface area contributed by atoms with Gasteiger partial charge in [-0.25, -0.2) is 4.39 Å². The Bertz CT molecular complexity index is 367. The van der Waals surface area contributed by atoms with Gasteiger partial charge in [0.1, 0.15) is 6.17 Å². The molecule has 2 N–H and O–H groups in total. The predicted octanol–water partition coefficient (Wildman–Crippen LogP) is 3.36. The SMILES string of the molecule is CC(F)Cc1cccc(C2(CN)CCCC2)c1. The van der Waals surface area contributed by atoms with E-state index in [1.54, 1.807) is 6.92 Å². The number of halogens is 1. The summed E-state index contributed by atoms with van der Waals surface area (Å²) in [4.78, 5) is 0. The van der Waals surface area contributed by atoms with Gasteiger partial charge in [0.15, 0.2) is 0 Å². The van der Waals surface area contributed by atoms with Gasteiger partial charge in [0, 0.05) is 18.4 Å². The molecule has 0 aromatic heterocycles. The third-order valence-corrected chi connectivity index (χ3v) is 4.01. The Hall–Kier alpha value is -0.890. The Labute approximate surface area is 103 Å². The van der Waals surface area contributed by atoms with E-state index in [-0.39, 0.29) is 5.41 Å². The molecule has 1 saturated carbocycles. The van der Waals surface area contributed by atoms with E-state index in [1.807, 2.05) is 12.1 Å². The topological polar surface area (TPSA) is 26.0 Å². The van der Waals surface area contributed by atoms with Crippen LogP contribution in [0.25, 0.3) is 0 Å². The minimum absolute atomic E-state index is 0.162. The number of rotatable bonds is 4. The highest BCUT2D eigenvalue weighted by Gasteiger charge is 2.34. The highest BCUT2D eigenvalue weighted by molar-refractivity contribution is 5.32. The second-order valence-corrected chi connectivity index (χ2v) is 5.38. The van der Waals surface area contributed by atoms with Gasteiger partial charge in [-0.2, -0.15) is 0 Å². The van der Waals surface area contributed by atoms with Crippen molar-refractivity contribution in [3.63, 3.8) is 0 Å².